The lowest BCUT2D eigenvalue weighted by Crippen LogP contribution is -2.45. The van der Waals surface area contributed by atoms with Crippen LogP contribution in [0.5, 0.6) is 0 Å². The van der Waals surface area contributed by atoms with E-state index in [9.17, 15) is 9.59 Å². The van der Waals surface area contributed by atoms with Crippen molar-refractivity contribution in [3.63, 3.8) is 0 Å². The average Bonchev–Trinajstić information content (AvgIpc) is 3.31. The lowest BCUT2D eigenvalue weighted by atomic mass is 9.78. The molecule has 158 valence electrons. The van der Waals surface area contributed by atoms with Crippen molar-refractivity contribution in [3.05, 3.63) is 47.0 Å². The van der Waals surface area contributed by atoms with Gasteiger partial charge in [-0.1, -0.05) is 44.9 Å². The van der Waals surface area contributed by atoms with Crippen molar-refractivity contribution in [1.82, 2.24) is 15.1 Å². The van der Waals surface area contributed by atoms with E-state index < -0.39 is 5.97 Å². The van der Waals surface area contributed by atoms with Gasteiger partial charge in [0.1, 0.15) is 9.71 Å². The zero-order chi connectivity index (χ0) is 21.3. The van der Waals surface area contributed by atoms with E-state index in [1.165, 1.54) is 17.8 Å². The number of nitrogens with zero attached hydrogens (tertiary/aromatic N) is 2. The normalized spacial score (nSPS) is 21.5. The molecule has 2 aromatic heterocycles. The van der Waals surface area contributed by atoms with Crippen LogP contribution in [0.3, 0.4) is 0 Å². The van der Waals surface area contributed by atoms with E-state index in [1.807, 2.05) is 41.9 Å². The minimum Gasteiger partial charge on any atom is -0.451 e. The van der Waals surface area contributed by atoms with Gasteiger partial charge in [-0.2, -0.15) is 5.10 Å². The van der Waals surface area contributed by atoms with E-state index in [-0.39, 0.29) is 18.6 Å². The van der Waals surface area contributed by atoms with Gasteiger partial charge in [0.05, 0.1) is 11.4 Å². The highest BCUT2D eigenvalue weighted by molar-refractivity contribution is 7.20. The number of nitrogens with one attached hydrogen (secondary N) is 1. The van der Waals surface area contributed by atoms with Crippen LogP contribution >= 0.6 is 11.3 Å². The topological polar surface area (TPSA) is 73.2 Å². The van der Waals surface area contributed by atoms with Crippen molar-refractivity contribution in [2.24, 2.45) is 11.8 Å². The van der Waals surface area contributed by atoms with Crippen molar-refractivity contribution < 1.29 is 14.3 Å². The van der Waals surface area contributed by atoms with Gasteiger partial charge in [-0.15, -0.1) is 11.3 Å². The third-order valence-electron chi connectivity index (χ3n) is 6.13. The van der Waals surface area contributed by atoms with Crippen molar-refractivity contribution in [2.75, 3.05) is 6.61 Å². The Hall–Kier alpha value is -2.67. The van der Waals surface area contributed by atoms with Gasteiger partial charge in [0, 0.05) is 11.4 Å². The molecule has 1 saturated carbocycles. The first kappa shape index (κ1) is 20.6. The Morgan fingerprint density at radius 2 is 2.00 bits per heavy atom. The van der Waals surface area contributed by atoms with Crippen molar-refractivity contribution in [1.29, 1.82) is 0 Å². The van der Waals surface area contributed by atoms with E-state index in [2.05, 4.69) is 24.3 Å². The molecule has 1 amide bonds. The molecule has 0 saturated heterocycles. The summed E-state index contributed by atoms with van der Waals surface area (Å²) < 4.78 is 7.15. The molecule has 7 heteroatoms. The van der Waals surface area contributed by atoms with Gasteiger partial charge in [-0.3, -0.25) is 4.79 Å². The summed E-state index contributed by atoms with van der Waals surface area (Å²) >= 11 is 1.33. The summed E-state index contributed by atoms with van der Waals surface area (Å²) in [5.74, 6) is 0.319. The van der Waals surface area contributed by atoms with E-state index >= 15 is 0 Å². The van der Waals surface area contributed by atoms with E-state index in [4.69, 9.17) is 4.74 Å². The molecular formula is C23H27N3O3S. The summed E-state index contributed by atoms with van der Waals surface area (Å²) in [6.07, 6.45) is 3.31. The molecule has 1 fully saturated rings. The van der Waals surface area contributed by atoms with Gasteiger partial charge in [-0.05, 0) is 43.4 Å². The van der Waals surface area contributed by atoms with Crippen LogP contribution in [-0.2, 0) is 9.53 Å². The smallest absolute Gasteiger partial charge is 0.348 e. The molecule has 1 aliphatic rings. The molecule has 6 nitrogen and oxygen atoms in total. The number of amides is 1. The molecule has 1 N–H and O–H groups in total. The van der Waals surface area contributed by atoms with Gasteiger partial charge < -0.3 is 10.1 Å². The maximum absolute atomic E-state index is 12.6. The Morgan fingerprint density at radius 3 is 2.77 bits per heavy atom. The monoisotopic (exact) mass is 425 g/mol. The number of fused-ring (bicyclic) bond motifs is 1. The molecule has 0 unspecified atom stereocenters. The summed E-state index contributed by atoms with van der Waals surface area (Å²) in [5.41, 5.74) is 1.79. The molecule has 0 radical (unpaired) electrons. The highest BCUT2D eigenvalue weighted by atomic mass is 32.1. The van der Waals surface area contributed by atoms with E-state index in [0.29, 0.717) is 16.7 Å². The molecule has 1 aromatic carbocycles. The summed E-state index contributed by atoms with van der Waals surface area (Å²) in [4.78, 5) is 26.2. The van der Waals surface area contributed by atoms with E-state index in [1.54, 1.807) is 6.07 Å². The third kappa shape index (κ3) is 4.12. The molecule has 1 aliphatic carbocycles. The quantitative estimate of drug-likeness (QED) is 0.611. The van der Waals surface area contributed by atoms with Crippen LogP contribution in [0.1, 0.15) is 48.5 Å². The van der Waals surface area contributed by atoms with Gasteiger partial charge >= 0.3 is 5.97 Å². The number of carbonyl (C=O) groups is 2. The molecule has 0 bridgehead atoms. The van der Waals surface area contributed by atoms with Gasteiger partial charge in [-0.25, -0.2) is 9.48 Å². The summed E-state index contributed by atoms with van der Waals surface area (Å²) in [6, 6.07) is 11.8. The number of hydrogen-bond donors (Lipinski definition) is 1. The Kier molecular flexibility index (Phi) is 5.90. The number of aromatic nitrogens is 2. The maximum Gasteiger partial charge on any atom is 0.348 e. The fourth-order valence-electron chi connectivity index (χ4n) is 4.13. The predicted molar refractivity (Wildman–Crippen MR) is 118 cm³/mol. The summed E-state index contributed by atoms with van der Waals surface area (Å²) in [6.45, 7) is 6.07. The standard InChI is InChI=1S/C23H27N3O3S/c1-14-8-7-11-19(15(14)2)24-21(27)13-29-23(28)20-12-18-16(3)25-26(22(18)30-20)17-9-5-4-6-10-17/h4-6,9-10,12,14-15,19H,7-8,11,13H2,1-3H3,(H,24,27)/t14-,15-,19-/m0/s1. The number of ether oxygens (including phenoxy) is 1. The molecule has 30 heavy (non-hydrogen) atoms. The van der Waals surface area contributed by atoms with Crippen LogP contribution in [0.2, 0.25) is 0 Å². The van der Waals surface area contributed by atoms with Crippen LogP contribution in [0.25, 0.3) is 15.9 Å². The number of rotatable bonds is 5. The maximum atomic E-state index is 12.6. The molecule has 3 aromatic rings. The zero-order valence-corrected chi connectivity index (χ0v) is 18.4. The second-order valence-corrected chi connectivity index (χ2v) is 9.21. The number of thiophene rings is 1. The molecule has 3 atom stereocenters. The van der Waals surface area contributed by atoms with Gasteiger partial charge in [0.25, 0.3) is 5.91 Å². The highest BCUT2D eigenvalue weighted by Crippen LogP contribution is 2.31. The first-order chi connectivity index (χ1) is 14.4. The second-order valence-electron chi connectivity index (χ2n) is 8.18. The summed E-state index contributed by atoms with van der Waals surface area (Å²) in [5, 5.41) is 8.55. The Balaban J connectivity index is 1.42. The fourth-order valence-corrected chi connectivity index (χ4v) is 5.21. The van der Waals surface area contributed by atoms with Crippen LogP contribution in [0.15, 0.2) is 36.4 Å². The summed E-state index contributed by atoms with van der Waals surface area (Å²) in [7, 11) is 0. The van der Waals surface area contributed by atoms with Crippen LogP contribution in [-0.4, -0.2) is 34.3 Å². The van der Waals surface area contributed by atoms with Gasteiger partial charge in [0.15, 0.2) is 6.61 Å². The first-order valence-corrected chi connectivity index (χ1v) is 11.3. The largest absolute Gasteiger partial charge is 0.451 e. The third-order valence-corrected chi connectivity index (χ3v) is 7.22. The van der Waals surface area contributed by atoms with Crippen molar-refractivity contribution in [2.45, 2.75) is 46.1 Å². The fraction of sp³-hybridized carbons (Fsp3) is 0.435. The zero-order valence-electron chi connectivity index (χ0n) is 17.6. The number of benzene rings is 1. The molecule has 4 rings (SSSR count). The Labute approximate surface area is 180 Å². The predicted octanol–water partition coefficient (Wildman–Crippen LogP) is 4.49. The first-order valence-electron chi connectivity index (χ1n) is 10.4. The lowest BCUT2D eigenvalue weighted by molar-refractivity contribution is -0.125. The average molecular weight is 426 g/mol. The molecule has 0 aliphatic heterocycles. The number of carbonyl (C=O) groups excluding carboxylic acids is 2. The van der Waals surface area contributed by atoms with E-state index in [0.717, 1.165) is 34.4 Å². The second kappa shape index (κ2) is 8.60. The highest BCUT2D eigenvalue weighted by Gasteiger charge is 2.28. The lowest BCUT2D eigenvalue weighted by Gasteiger charge is -2.34. The Morgan fingerprint density at radius 1 is 1.23 bits per heavy atom. The number of esters is 1. The van der Waals surface area contributed by atoms with Crippen LogP contribution < -0.4 is 5.32 Å². The van der Waals surface area contributed by atoms with Crippen LogP contribution in [0, 0.1) is 18.8 Å². The minimum absolute atomic E-state index is 0.156. The molecule has 0 spiro atoms. The number of para-hydroxylation sites is 1. The number of hydrogen-bond acceptors (Lipinski definition) is 5. The van der Waals surface area contributed by atoms with Crippen molar-refractivity contribution in [3.8, 4) is 5.69 Å². The SMILES string of the molecule is Cc1nn(-c2ccccc2)c2sc(C(=O)OCC(=O)N[C@H]3CCC[C@H](C)[C@@H]3C)cc12. The molecular weight excluding hydrogens is 398 g/mol. The molecule has 2 heterocycles. The van der Waals surface area contributed by atoms with Crippen molar-refractivity contribution >= 4 is 33.4 Å². The van der Waals surface area contributed by atoms with Gasteiger partial charge in [0.2, 0.25) is 0 Å². The number of aryl methyl sites for hydroxylation is 1. The minimum atomic E-state index is -0.476. The Bertz CT molecular complexity index is 1060. The van der Waals surface area contributed by atoms with Crippen LogP contribution in [0.4, 0.5) is 0 Å².